The summed E-state index contributed by atoms with van der Waals surface area (Å²) in [5.41, 5.74) is 8.14. The molecule has 38 heavy (non-hydrogen) atoms. The van der Waals surface area contributed by atoms with Gasteiger partial charge >= 0.3 is 0 Å². The van der Waals surface area contributed by atoms with Gasteiger partial charge in [-0.05, 0) is 30.7 Å². The summed E-state index contributed by atoms with van der Waals surface area (Å²) in [5, 5.41) is 3.47. The largest absolute Gasteiger partial charge is 0.460 e. The van der Waals surface area contributed by atoms with Crippen LogP contribution in [0.5, 0.6) is 0 Å². The minimum Gasteiger partial charge on any atom is -0.460 e. The minimum absolute atomic E-state index is 0.652. The van der Waals surface area contributed by atoms with Crippen molar-refractivity contribution in [1.29, 1.82) is 0 Å². The summed E-state index contributed by atoms with van der Waals surface area (Å²) in [6.07, 6.45) is 6.37. The smallest absolute Gasteiger partial charge is 0.235 e. The van der Waals surface area contributed by atoms with Crippen molar-refractivity contribution in [3.05, 3.63) is 121 Å². The molecule has 7 aromatic rings. The number of fused-ring (bicyclic) bond motifs is 7. The fourth-order valence-electron chi connectivity index (χ4n) is 5.74. The van der Waals surface area contributed by atoms with Crippen LogP contribution in [0.1, 0.15) is 17.7 Å². The average molecular weight is 490 g/mol. The van der Waals surface area contributed by atoms with Gasteiger partial charge < -0.3 is 4.42 Å². The number of aryl methyl sites for hydroxylation is 1. The Bertz CT molecular complexity index is 1960. The number of aromatic nitrogens is 3. The van der Waals surface area contributed by atoms with Crippen LogP contribution >= 0.6 is 0 Å². The summed E-state index contributed by atoms with van der Waals surface area (Å²) in [7, 11) is 0. The van der Waals surface area contributed by atoms with E-state index in [-0.39, 0.29) is 0 Å². The number of hydrogen-bond donors (Lipinski definition) is 0. The third-order valence-electron chi connectivity index (χ3n) is 7.48. The molecule has 180 valence electrons. The monoisotopic (exact) mass is 489 g/mol. The molecule has 0 bridgehead atoms. The van der Waals surface area contributed by atoms with Crippen LogP contribution < -0.4 is 0 Å². The topological polar surface area (TPSA) is 43.9 Å². The zero-order valence-corrected chi connectivity index (χ0v) is 20.6. The Kier molecular flexibility index (Phi) is 4.61. The maximum atomic E-state index is 6.37. The quantitative estimate of drug-likeness (QED) is 0.250. The van der Waals surface area contributed by atoms with E-state index >= 15 is 0 Å². The lowest BCUT2D eigenvalue weighted by molar-refractivity contribution is 0.546. The second kappa shape index (κ2) is 8.29. The molecule has 0 N–H and O–H groups in total. The fourth-order valence-corrected chi connectivity index (χ4v) is 5.74. The minimum atomic E-state index is 0.652. The number of benzene rings is 4. The number of hydrogen-bond acceptors (Lipinski definition) is 3. The Hall–Kier alpha value is -4.96. The fraction of sp³-hybridized carbons (Fsp3) is 0.0588. The molecule has 0 fully saturated rings. The van der Waals surface area contributed by atoms with Crippen LogP contribution in [-0.4, -0.2) is 14.5 Å². The molecule has 4 aromatic carbocycles. The van der Waals surface area contributed by atoms with Crippen LogP contribution in [0.25, 0.3) is 67.3 Å². The van der Waals surface area contributed by atoms with Gasteiger partial charge in [0.25, 0.3) is 0 Å². The SMILES string of the molecule is C1=Cc2c(oc3ccc4c5ccccc5n(-c5nc(-c6ccccc6)cc(-c6ccccc6)n5)c4c23)CC1. The van der Waals surface area contributed by atoms with Crippen molar-refractivity contribution in [2.24, 2.45) is 0 Å². The molecule has 4 heteroatoms. The maximum absolute atomic E-state index is 6.37. The zero-order chi connectivity index (χ0) is 25.1. The Labute approximate surface area is 219 Å². The number of furan rings is 1. The molecule has 3 aromatic heterocycles. The van der Waals surface area contributed by atoms with Crippen LogP contribution in [0.4, 0.5) is 0 Å². The van der Waals surface area contributed by atoms with Crippen LogP contribution in [0.3, 0.4) is 0 Å². The van der Waals surface area contributed by atoms with Crippen molar-refractivity contribution in [1.82, 2.24) is 14.5 Å². The summed E-state index contributed by atoms with van der Waals surface area (Å²) in [4.78, 5) is 10.4. The van der Waals surface area contributed by atoms with Crippen molar-refractivity contribution in [3.63, 3.8) is 0 Å². The second-order valence-corrected chi connectivity index (χ2v) is 9.74. The standard InChI is InChI=1S/C34H23N3O/c1-3-11-22(12-4-1)27-21-28(23-13-5-2-6-14-23)36-34(35-27)37-29-17-9-7-15-24(29)25-19-20-31-32(33(25)37)26-16-8-10-18-30(26)38-31/h1-9,11-17,19-21H,10,18H2. The predicted molar refractivity (Wildman–Crippen MR) is 154 cm³/mol. The molecule has 0 saturated heterocycles. The second-order valence-electron chi connectivity index (χ2n) is 9.74. The van der Waals surface area contributed by atoms with Gasteiger partial charge in [0.1, 0.15) is 11.3 Å². The number of nitrogens with zero attached hydrogens (tertiary/aromatic N) is 3. The molecule has 0 saturated carbocycles. The van der Waals surface area contributed by atoms with Crippen molar-refractivity contribution in [2.45, 2.75) is 12.8 Å². The molecule has 0 radical (unpaired) electrons. The number of para-hydroxylation sites is 1. The van der Waals surface area contributed by atoms with Crippen molar-refractivity contribution >= 4 is 38.9 Å². The third-order valence-corrected chi connectivity index (χ3v) is 7.48. The maximum Gasteiger partial charge on any atom is 0.235 e. The number of rotatable bonds is 3. The Balaban J connectivity index is 1.52. The van der Waals surface area contributed by atoms with E-state index in [0.29, 0.717) is 5.95 Å². The van der Waals surface area contributed by atoms with Gasteiger partial charge in [-0.1, -0.05) is 91.0 Å². The highest BCUT2D eigenvalue weighted by Crippen LogP contribution is 2.41. The average Bonchev–Trinajstić information content (AvgIpc) is 3.53. The summed E-state index contributed by atoms with van der Waals surface area (Å²) < 4.78 is 8.59. The molecule has 1 aliphatic rings. The lowest BCUT2D eigenvalue weighted by Gasteiger charge is -2.12. The third kappa shape index (κ3) is 3.17. The molecule has 0 amide bonds. The molecular formula is C34H23N3O. The summed E-state index contributed by atoms with van der Waals surface area (Å²) >= 11 is 0. The van der Waals surface area contributed by atoms with E-state index < -0.39 is 0 Å². The normalized spacial score (nSPS) is 12.9. The van der Waals surface area contributed by atoms with Crippen LogP contribution in [0, 0.1) is 0 Å². The van der Waals surface area contributed by atoms with E-state index in [1.54, 1.807) is 0 Å². The van der Waals surface area contributed by atoms with Gasteiger partial charge in [0.15, 0.2) is 0 Å². The van der Waals surface area contributed by atoms with Crippen LogP contribution in [0.2, 0.25) is 0 Å². The van der Waals surface area contributed by atoms with Crippen LogP contribution in [0.15, 0.2) is 114 Å². The zero-order valence-electron chi connectivity index (χ0n) is 20.6. The van der Waals surface area contributed by atoms with Gasteiger partial charge in [0, 0.05) is 33.9 Å². The van der Waals surface area contributed by atoms with Gasteiger partial charge in [-0.3, -0.25) is 4.57 Å². The number of allylic oxidation sites excluding steroid dienone is 1. The molecule has 0 aliphatic heterocycles. The first kappa shape index (κ1) is 21.2. The van der Waals surface area contributed by atoms with E-state index in [2.05, 4.69) is 83.4 Å². The van der Waals surface area contributed by atoms with Gasteiger partial charge in [0.05, 0.1) is 27.8 Å². The van der Waals surface area contributed by atoms with Crippen molar-refractivity contribution in [2.75, 3.05) is 0 Å². The molecule has 3 heterocycles. The molecule has 0 atom stereocenters. The van der Waals surface area contributed by atoms with Gasteiger partial charge in [0.2, 0.25) is 5.95 Å². The van der Waals surface area contributed by atoms with Gasteiger partial charge in [-0.2, -0.15) is 0 Å². The Morgan fingerprint density at radius 2 is 1.37 bits per heavy atom. The lowest BCUT2D eigenvalue weighted by Crippen LogP contribution is -2.04. The van der Waals surface area contributed by atoms with E-state index in [0.717, 1.165) is 63.1 Å². The van der Waals surface area contributed by atoms with Crippen molar-refractivity contribution in [3.8, 4) is 28.5 Å². The first-order valence-corrected chi connectivity index (χ1v) is 13.0. The first-order chi connectivity index (χ1) is 18.8. The molecule has 1 aliphatic carbocycles. The highest BCUT2D eigenvalue weighted by Gasteiger charge is 2.23. The summed E-state index contributed by atoms with van der Waals surface area (Å²) in [6, 6.07) is 35.5. The highest BCUT2D eigenvalue weighted by atomic mass is 16.3. The Morgan fingerprint density at radius 3 is 2.11 bits per heavy atom. The van der Waals surface area contributed by atoms with Gasteiger partial charge in [-0.25, -0.2) is 9.97 Å². The van der Waals surface area contributed by atoms with E-state index in [4.69, 9.17) is 14.4 Å². The molecular weight excluding hydrogens is 466 g/mol. The highest BCUT2D eigenvalue weighted by molar-refractivity contribution is 6.19. The molecule has 8 rings (SSSR count). The molecule has 0 spiro atoms. The lowest BCUT2D eigenvalue weighted by atomic mass is 10.0. The predicted octanol–water partition coefficient (Wildman–Crippen LogP) is 8.61. The molecule has 0 unspecified atom stereocenters. The van der Waals surface area contributed by atoms with E-state index in [1.807, 2.05) is 36.4 Å². The van der Waals surface area contributed by atoms with E-state index in [1.165, 1.54) is 16.3 Å². The summed E-state index contributed by atoms with van der Waals surface area (Å²) in [6.45, 7) is 0. The van der Waals surface area contributed by atoms with E-state index in [9.17, 15) is 0 Å². The van der Waals surface area contributed by atoms with Gasteiger partial charge in [-0.15, -0.1) is 0 Å². The summed E-state index contributed by atoms with van der Waals surface area (Å²) in [5.74, 6) is 1.70. The molecule has 4 nitrogen and oxygen atoms in total. The Morgan fingerprint density at radius 1 is 0.684 bits per heavy atom. The first-order valence-electron chi connectivity index (χ1n) is 13.0. The van der Waals surface area contributed by atoms with Crippen LogP contribution in [-0.2, 0) is 6.42 Å². The van der Waals surface area contributed by atoms with Crippen molar-refractivity contribution < 1.29 is 4.42 Å².